The van der Waals surface area contributed by atoms with Crippen LogP contribution in [0.2, 0.25) is 0 Å². The molecule has 0 aromatic heterocycles. The van der Waals surface area contributed by atoms with Crippen LogP contribution in [0.3, 0.4) is 0 Å². The van der Waals surface area contributed by atoms with Gasteiger partial charge in [0.25, 0.3) is 0 Å². The summed E-state index contributed by atoms with van der Waals surface area (Å²) in [5, 5.41) is 12.6. The maximum atomic E-state index is 9.21. The van der Waals surface area contributed by atoms with Crippen LogP contribution < -0.4 is 5.32 Å². The molecule has 0 fully saturated rings. The maximum absolute atomic E-state index is 9.21. The molecule has 1 atom stereocenters. The van der Waals surface area contributed by atoms with Gasteiger partial charge in [-0.2, -0.15) is 5.26 Å². The summed E-state index contributed by atoms with van der Waals surface area (Å²) in [5.74, 6) is 0. The first-order valence-corrected chi connectivity index (χ1v) is 7.34. The Balaban J connectivity index is 2.28. The van der Waals surface area contributed by atoms with Crippen LogP contribution in [0.25, 0.3) is 0 Å². The summed E-state index contributed by atoms with van der Waals surface area (Å²) in [7, 11) is 0. The van der Waals surface area contributed by atoms with Gasteiger partial charge in [0.2, 0.25) is 0 Å². The van der Waals surface area contributed by atoms with Crippen molar-refractivity contribution in [2.75, 3.05) is 5.32 Å². The van der Waals surface area contributed by atoms with Gasteiger partial charge in [0.1, 0.15) is 6.07 Å². The van der Waals surface area contributed by atoms with E-state index in [4.69, 9.17) is 0 Å². The van der Waals surface area contributed by atoms with E-state index in [0.717, 1.165) is 10.2 Å². The van der Waals surface area contributed by atoms with E-state index < -0.39 is 0 Å². The molecule has 0 saturated carbocycles. The number of nitrogens with zero attached hydrogens (tertiary/aromatic N) is 1. The number of rotatable bonds is 3. The smallest absolute Gasteiger partial charge is 0.101 e. The molecule has 0 aliphatic heterocycles. The Morgan fingerprint density at radius 1 is 1.15 bits per heavy atom. The summed E-state index contributed by atoms with van der Waals surface area (Å²) >= 11 is 3.39. The highest BCUT2D eigenvalue weighted by atomic mass is 79.9. The lowest BCUT2D eigenvalue weighted by molar-refractivity contribution is 0.872. The Morgan fingerprint density at radius 3 is 2.55 bits per heavy atom. The third kappa shape index (κ3) is 3.20. The molecule has 0 aliphatic carbocycles. The second-order valence-electron chi connectivity index (χ2n) is 5.03. The van der Waals surface area contributed by atoms with E-state index in [9.17, 15) is 5.26 Å². The minimum atomic E-state index is 0.156. The van der Waals surface area contributed by atoms with Crippen LogP contribution in [0, 0.1) is 25.2 Å². The van der Waals surface area contributed by atoms with E-state index in [2.05, 4.69) is 66.3 Å². The Hall–Kier alpha value is -1.79. The zero-order valence-corrected chi connectivity index (χ0v) is 13.5. The third-order valence-corrected chi connectivity index (χ3v) is 3.86. The SMILES string of the molecule is Cc1ccc(C(C)Nc2ccc(Br)cc2C#N)c(C)c1. The Morgan fingerprint density at radius 2 is 1.90 bits per heavy atom. The molecule has 2 nitrogen and oxygen atoms in total. The highest BCUT2D eigenvalue weighted by Gasteiger charge is 2.11. The van der Waals surface area contributed by atoms with Crippen LogP contribution in [0.15, 0.2) is 40.9 Å². The molecule has 20 heavy (non-hydrogen) atoms. The van der Waals surface area contributed by atoms with Gasteiger partial charge in [-0.3, -0.25) is 0 Å². The van der Waals surface area contributed by atoms with Crippen LogP contribution in [-0.4, -0.2) is 0 Å². The molecular weight excluding hydrogens is 312 g/mol. The van der Waals surface area contributed by atoms with Crippen LogP contribution in [0.5, 0.6) is 0 Å². The van der Waals surface area contributed by atoms with Gasteiger partial charge < -0.3 is 5.32 Å². The fraction of sp³-hybridized carbons (Fsp3) is 0.235. The van der Waals surface area contributed by atoms with E-state index in [-0.39, 0.29) is 6.04 Å². The molecule has 2 aromatic carbocycles. The second kappa shape index (κ2) is 6.11. The van der Waals surface area contributed by atoms with E-state index >= 15 is 0 Å². The molecule has 0 amide bonds. The molecule has 0 saturated heterocycles. The van der Waals surface area contributed by atoms with Crippen molar-refractivity contribution in [1.29, 1.82) is 5.26 Å². The van der Waals surface area contributed by atoms with Crippen molar-refractivity contribution in [3.8, 4) is 6.07 Å². The van der Waals surface area contributed by atoms with Crippen molar-refractivity contribution in [3.63, 3.8) is 0 Å². The largest absolute Gasteiger partial charge is 0.377 e. The maximum Gasteiger partial charge on any atom is 0.101 e. The average molecular weight is 329 g/mol. The minimum absolute atomic E-state index is 0.156. The molecule has 0 spiro atoms. The van der Waals surface area contributed by atoms with E-state index in [1.165, 1.54) is 16.7 Å². The van der Waals surface area contributed by atoms with E-state index in [1.807, 2.05) is 18.2 Å². The van der Waals surface area contributed by atoms with Crippen molar-refractivity contribution in [2.45, 2.75) is 26.8 Å². The second-order valence-corrected chi connectivity index (χ2v) is 5.94. The third-order valence-electron chi connectivity index (χ3n) is 3.37. The Kier molecular flexibility index (Phi) is 4.46. The number of aryl methyl sites for hydroxylation is 2. The van der Waals surface area contributed by atoms with E-state index in [0.29, 0.717) is 5.56 Å². The first-order chi connectivity index (χ1) is 9.51. The molecule has 2 aromatic rings. The van der Waals surface area contributed by atoms with Gasteiger partial charge in [0.15, 0.2) is 0 Å². The molecule has 0 bridgehead atoms. The van der Waals surface area contributed by atoms with Crippen LogP contribution >= 0.6 is 15.9 Å². The normalized spacial score (nSPS) is 11.8. The molecule has 1 N–H and O–H groups in total. The lowest BCUT2D eigenvalue weighted by Crippen LogP contribution is -2.09. The molecule has 1 unspecified atom stereocenters. The number of anilines is 1. The lowest BCUT2D eigenvalue weighted by Gasteiger charge is -2.19. The predicted molar refractivity (Wildman–Crippen MR) is 86.8 cm³/mol. The number of nitrogens with one attached hydrogen (secondary N) is 1. The summed E-state index contributed by atoms with van der Waals surface area (Å²) in [6.45, 7) is 6.32. The molecule has 2 rings (SSSR count). The summed E-state index contributed by atoms with van der Waals surface area (Å²) in [6, 6.07) is 14.5. The Labute approximate surface area is 128 Å². The number of nitriles is 1. The molecule has 3 heteroatoms. The molecule has 0 radical (unpaired) electrons. The summed E-state index contributed by atoms with van der Waals surface area (Å²) in [5.41, 5.74) is 5.29. The lowest BCUT2D eigenvalue weighted by atomic mass is 10.00. The predicted octanol–water partition coefficient (Wildman–Crippen LogP) is 5.11. The monoisotopic (exact) mass is 328 g/mol. The number of benzene rings is 2. The standard InChI is InChI=1S/C17H17BrN2/c1-11-4-6-16(12(2)8-11)13(3)20-17-7-5-15(18)9-14(17)10-19/h4-9,13,20H,1-3H3. The van der Waals surface area contributed by atoms with Crippen LogP contribution in [0.1, 0.15) is 35.2 Å². The van der Waals surface area contributed by atoms with Crippen LogP contribution in [-0.2, 0) is 0 Å². The van der Waals surface area contributed by atoms with Crippen molar-refractivity contribution in [1.82, 2.24) is 0 Å². The zero-order valence-electron chi connectivity index (χ0n) is 11.9. The summed E-state index contributed by atoms with van der Waals surface area (Å²) in [4.78, 5) is 0. The topological polar surface area (TPSA) is 35.8 Å². The average Bonchev–Trinajstić information content (AvgIpc) is 2.40. The number of hydrogen-bond donors (Lipinski definition) is 1. The van der Waals surface area contributed by atoms with Gasteiger partial charge in [-0.25, -0.2) is 0 Å². The van der Waals surface area contributed by atoms with Gasteiger partial charge in [-0.15, -0.1) is 0 Å². The molecule has 102 valence electrons. The number of hydrogen-bond acceptors (Lipinski definition) is 2. The summed E-state index contributed by atoms with van der Waals surface area (Å²) < 4.78 is 0.916. The van der Waals surface area contributed by atoms with Crippen molar-refractivity contribution in [3.05, 3.63) is 63.1 Å². The Bertz CT molecular complexity index is 671. The van der Waals surface area contributed by atoms with Crippen molar-refractivity contribution < 1.29 is 0 Å². The minimum Gasteiger partial charge on any atom is -0.377 e. The fourth-order valence-electron chi connectivity index (χ4n) is 2.36. The highest BCUT2D eigenvalue weighted by molar-refractivity contribution is 9.10. The quantitative estimate of drug-likeness (QED) is 0.849. The zero-order chi connectivity index (χ0) is 14.7. The van der Waals surface area contributed by atoms with Crippen molar-refractivity contribution in [2.24, 2.45) is 0 Å². The highest BCUT2D eigenvalue weighted by Crippen LogP contribution is 2.26. The van der Waals surface area contributed by atoms with E-state index in [1.54, 1.807) is 0 Å². The van der Waals surface area contributed by atoms with Gasteiger partial charge in [-0.05, 0) is 50.1 Å². The number of halogens is 1. The first kappa shape index (κ1) is 14.6. The van der Waals surface area contributed by atoms with Gasteiger partial charge in [0.05, 0.1) is 11.3 Å². The first-order valence-electron chi connectivity index (χ1n) is 6.54. The summed E-state index contributed by atoms with van der Waals surface area (Å²) in [6.07, 6.45) is 0. The van der Waals surface area contributed by atoms with Gasteiger partial charge in [0, 0.05) is 10.5 Å². The van der Waals surface area contributed by atoms with Crippen molar-refractivity contribution >= 4 is 21.6 Å². The fourth-order valence-corrected chi connectivity index (χ4v) is 2.72. The van der Waals surface area contributed by atoms with Gasteiger partial charge in [-0.1, -0.05) is 39.7 Å². The van der Waals surface area contributed by atoms with Crippen LogP contribution in [0.4, 0.5) is 5.69 Å². The molecule has 0 aliphatic rings. The van der Waals surface area contributed by atoms with Gasteiger partial charge >= 0.3 is 0 Å². The molecule has 0 heterocycles. The molecular formula is C17H17BrN2.